The standard InChI is InChI=1S/C21H21Cl2F3N2O2/c1-2-3-4-7-10-30-19-17(22)11-14(12-18(19)23)13-27-28-20(29)15-8-5-6-9-16(15)21(24,25)26/h5-6,8-9,11-13H,2-4,7,10H2,1H3,(H,28,29)/b27-13+. The quantitative estimate of drug-likeness (QED) is 0.256. The molecule has 0 unspecified atom stereocenters. The number of hydrazone groups is 1. The van der Waals surface area contributed by atoms with E-state index >= 15 is 0 Å². The fourth-order valence-corrected chi connectivity index (χ4v) is 3.26. The number of carbonyl (C=O) groups excluding carboxylic acids is 1. The van der Waals surface area contributed by atoms with Crippen molar-refractivity contribution in [3.63, 3.8) is 0 Å². The van der Waals surface area contributed by atoms with Gasteiger partial charge in [0, 0.05) is 0 Å². The van der Waals surface area contributed by atoms with Gasteiger partial charge in [0.15, 0.2) is 5.75 Å². The number of hydrogen-bond donors (Lipinski definition) is 1. The minimum atomic E-state index is -4.65. The topological polar surface area (TPSA) is 50.7 Å². The minimum Gasteiger partial charge on any atom is -0.490 e. The number of nitrogens with one attached hydrogen (secondary N) is 1. The Morgan fingerprint density at radius 2 is 1.80 bits per heavy atom. The van der Waals surface area contributed by atoms with E-state index in [2.05, 4.69) is 17.5 Å². The average molecular weight is 461 g/mol. The van der Waals surface area contributed by atoms with E-state index in [1.165, 1.54) is 30.5 Å². The first kappa shape index (κ1) is 24.0. The van der Waals surface area contributed by atoms with E-state index in [1.54, 1.807) is 0 Å². The van der Waals surface area contributed by atoms with E-state index in [0.29, 0.717) is 17.9 Å². The fourth-order valence-electron chi connectivity index (χ4n) is 2.65. The number of benzene rings is 2. The molecule has 2 rings (SSSR count). The second-order valence-corrected chi connectivity index (χ2v) is 7.28. The number of halogens is 5. The molecule has 162 valence electrons. The maximum atomic E-state index is 13.0. The summed E-state index contributed by atoms with van der Waals surface area (Å²) >= 11 is 12.4. The van der Waals surface area contributed by atoms with E-state index < -0.39 is 23.2 Å². The van der Waals surface area contributed by atoms with Crippen molar-refractivity contribution < 1.29 is 22.7 Å². The van der Waals surface area contributed by atoms with Crippen LogP contribution in [-0.2, 0) is 6.18 Å². The Bertz CT molecular complexity index is 879. The van der Waals surface area contributed by atoms with E-state index in [4.69, 9.17) is 27.9 Å². The summed E-state index contributed by atoms with van der Waals surface area (Å²) in [6.07, 6.45) is 0.762. The molecule has 0 aliphatic heterocycles. The van der Waals surface area contributed by atoms with Crippen molar-refractivity contribution >= 4 is 35.3 Å². The number of carbonyl (C=O) groups is 1. The summed E-state index contributed by atoms with van der Waals surface area (Å²) in [5, 5.41) is 4.24. The summed E-state index contributed by atoms with van der Waals surface area (Å²) in [5.41, 5.74) is 0.971. The van der Waals surface area contributed by atoms with E-state index in [9.17, 15) is 18.0 Å². The first-order valence-corrected chi connectivity index (χ1v) is 10.1. The number of nitrogens with zero attached hydrogens (tertiary/aromatic N) is 1. The molecule has 2 aromatic carbocycles. The molecule has 0 spiro atoms. The minimum absolute atomic E-state index is 0.271. The van der Waals surface area contributed by atoms with Crippen molar-refractivity contribution in [3.05, 3.63) is 63.1 Å². The van der Waals surface area contributed by atoms with E-state index in [0.717, 1.165) is 37.8 Å². The second kappa shape index (κ2) is 11.2. The van der Waals surface area contributed by atoms with Gasteiger partial charge in [-0.25, -0.2) is 5.43 Å². The van der Waals surface area contributed by atoms with Crippen LogP contribution in [0.2, 0.25) is 10.0 Å². The Labute approximate surface area is 183 Å². The molecule has 2 aromatic rings. The van der Waals surface area contributed by atoms with Gasteiger partial charge in [-0.2, -0.15) is 18.3 Å². The summed E-state index contributed by atoms with van der Waals surface area (Å²) in [4.78, 5) is 12.1. The molecule has 0 fully saturated rings. The Balaban J connectivity index is 2.03. The highest BCUT2D eigenvalue weighted by Gasteiger charge is 2.34. The van der Waals surface area contributed by atoms with Crippen LogP contribution in [0.3, 0.4) is 0 Å². The van der Waals surface area contributed by atoms with Crippen LogP contribution in [0.25, 0.3) is 0 Å². The zero-order valence-electron chi connectivity index (χ0n) is 16.2. The van der Waals surface area contributed by atoms with Gasteiger partial charge in [-0.05, 0) is 36.2 Å². The first-order valence-electron chi connectivity index (χ1n) is 9.35. The lowest BCUT2D eigenvalue weighted by atomic mass is 10.1. The van der Waals surface area contributed by atoms with Crippen LogP contribution in [-0.4, -0.2) is 18.7 Å². The third-order valence-corrected chi connectivity index (χ3v) is 4.68. The first-order chi connectivity index (χ1) is 14.2. The van der Waals surface area contributed by atoms with Gasteiger partial charge in [0.05, 0.1) is 34.0 Å². The molecule has 0 aliphatic carbocycles. The molecule has 0 bridgehead atoms. The predicted octanol–water partition coefficient (Wildman–Crippen LogP) is 6.74. The fraction of sp³-hybridized carbons (Fsp3) is 0.333. The van der Waals surface area contributed by atoms with Gasteiger partial charge in [-0.3, -0.25) is 4.79 Å². The number of unbranched alkanes of at least 4 members (excludes halogenated alkanes) is 3. The van der Waals surface area contributed by atoms with Crippen molar-refractivity contribution in [3.8, 4) is 5.75 Å². The maximum Gasteiger partial charge on any atom is 0.417 e. The van der Waals surface area contributed by atoms with Gasteiger partial charge in [0.2, 0.25) is 0 Å². The second-order valence-electron chi connectivity index (χ2n) is 6.47. The smallest absolute Gasteiger partial charge is 0.417 e. The highest BCUT2D eigenvalue weighted by Crippen LogP contribution is 2.34. The van der Waals surface area contributed by atoms with Gasteiger partial charge >= 0.3 is 6.18 Å². The maximum absolute atomic E-state index is 13.0. The lowest BCUT2D eigenvalue weighted by molar-refractivity contribution is -0.137. The zero-order valence-corrected chi connectivity index (χ0v) is 17.7. The normalized spacial score (nSPS) is 11.7. The lowest BCUT2D eigenvalue weighted by Crippen LogP contribution is -2.22. The van der Waals surface area contributed by atoms with Crippen molar-refractivity contribution in [2.75, 3.05) is 6.61 Å². The highest BCUT2D eigenvalue weighted by molar-refractivity contribution is 6.37. The summed E-state index contributed by atoms with van der Waals surface area (Å²) in [6, 6.07) is 7.53. The Morgan fingerprint density at radius 1 is 1.13 bits per heavy atom. The van der Waals surface area contributed by atoms with Gasteiger partial charge in [0.25, 0.3) is 5.91 Å². The molecule has 0 heterocycles. The van der Waals surface area contributed by atoms with Crippen LogP contribution < -0.4 is 10.2 Å². The lowest BCUT2D eigenvalue weighted by Gasteiger charge is -2.11. The van der Waals surface area contributed by atoms with E-state index in [-0.39, 0.29) is 10.0 Å². The van der Waals surface area contributed by atoms with Crippen LogP contribution in [0, 0.1) is 0 Å². The molecule has 1 N–H and O–H groups in total. The number of amides is 1. The van der Waals surface area contributed by atoms with Crippen LogP contribution in [0.15, 0.2) is 41.5 Å². The van der Waals surface area contributed by atoms with Gasteiger partial charge in [-0.1, -0.05) is 61.5 Å². The van der Waals surface area contributed by atoms with E-state index in [1.807, 2.05) is 0 Å². The number of hydrogen-bond acceptors (Lipinski definition) is 3. The van der Waals surface area contributed by atoms with Crippen LogP contribution in [0.5, 0.6) is 5.75 Å². The third kappa shape index (κ3) is 6.92. The Morgan fingerprint density at radius 3 is 2.43 bits per heavy atom. The molecule has 0 atom stereocenters. The van der Waals surface area contributed by atoms with Crippen molar-refractivity contribution in [1.82, 2.24) is 5.43 Å². The zero-order chi connectivity index (χ0) is 22.1. The number of ether oxygens (including phenoxy) is 1. The summed E-state index contributed by atoms with van der Waals surface area (Å²) in [6.45, 7) is 2.61. The molecule has 9 heteroatoms. The number of alkyl halides is 3. The summed E-state index contributed by atoms with van der Waals surface area (Å²) in [5.74, 6) is -0.626. The largest absolute Gasteiger partial charge is 0.490 e. The highest BCUT2D eigenvalue weighted by atomic mass is 35.5. The van der Waals surface area contributed by atoms with Crippen LogP contribution in [0.1, 0.15) is 54.1 Å². The van der Waals surface area contributed by atoms with Gasteiger partial charge < -0.3 is 4.74 Å². The molecule has 30 heavy (non-hydrogen) atoms. The molecule has 0 aromatic heterocycles. The Kier molecular flexibility index (Phi) is 8.99. The Hall–Kier alpha value is -2.25. The number of rotatable bonds is 9. The predicted molar refractivity (Wildman–Crippen MR) is 113 cm³/mol. The monoisotopic (exact) mass is 460 g/mol. The molecule has 0 aliphatic rings. The molecule has 0 saturated heterocycles. The molecule has 0 saturated carbocycles. The average Bonchev–Trinajstić information content (AvgIpc) is 2.69. The van der Waals surface area contributed by atoms with Gasteiger partial charge in [-0.15, -0.1) is 0 Å². The van der Waals surface area contributed by atoms with Gasteiger partial charge in [0.1, 0.15) is 0 Å². The molecule has 4 nitrogen and oxygen atoms in total. The molecular formula is C21H21Cl2F3N2O2. The summed E-state index contributed by atoms with van der Waals surface area (Å²) in [7, 11) is 0. The summed E-state index contributed by atoms with van der Waals surface area (Å²) < 4.78 is 44.7. The molecule has 1 amide bonds. The SMILES string of the molecule is CCCCCCOc1c(Cl)cc(/C=N/NC(=O)c2ccccc2C(F)(F)F)cc1Cl. The van der Waals surface area contributed by atoms with Crippen molar-refractivity contribution in [2.45, 2.75) is 38.8 Å². The molecular weight excluding hydrogens is 440 g/mol. The van der Waals surface area contributed by atoms with Crippen LogP contribution in [0.4, 0.5) is 13.2 Å². The molecule has 0 radical (unpaired) electrons. The van der Waals surface area contributed by atoms with Crippen LogP contribution >= 0.6 is 23.2 Å². The third-order valence-electron chi connectivity index (χ3n) is 4.12. The van der Waals surface area contributed by atoms with Crippen molar-refractivity contribution in [1.29, 1.82) is 0 Å². The van der Waals surface area contributed by atoms with Crippen molar-refractivity contribution in [2.24, 2.45) is 5.10 Å².